The number of esters is 1. The molecule has 2 aromatic rings. The van der Waals surface area contributed by atoms with Crippen molar-refractivity contribution in [1.82, 2.24) is 24.4 Å². The van der Waals surface area contributed by atoms with Crippen LogP contribution in [0, 0.1) is 5.92 Å². The summed E-state index contributed by atoms with van der Waals surface area (Å²) in [6.07, 6.45) is 2.84. The van der Waals surface area contributed by atoms with E-state index in [9.17, 15) is 9.59 Å². The van der Waals surface area contributed by atoms with Gasteiger partial charge in [-0.1, -0.05) is 25.5 Å². The molecule has 0 radical (unpaired) electrons. The molecule has 0 saturated carbocycles. The number of hydrogen-bond acceptors (Lipinski definition) is 6. The molecule has 114 valence electrons. The second kappa shape index (κ2) is 6.02. The van der Waals surface area contributed by atoms with Crippen molar-refractivity contribution in [2.24, 2.45) is 13.0 Å². The first-order valence-electron chi connectivity index (χ1n) is 6.92. The monoisotopic (exact) mass is 293 g/mol. The normalized spacial score (nSPS) is 14.1. The van der Waals surface area contributed by atoms with Crippen molar-refractivity contribution in [3.05, 3.63) is 22.5 Å². The fourth-order valence-corrected chi connectivity index (χ4v) is 2.05. The van der Waals surface area contributed by atoms with Crippen LogP contribution in [0.25, 0.3) is 5.65 Å². The Labute approximate surface area is 121 Å². The fourth-order valence-electron chi connectivity index (χ4n) is 2.05. The minimum absolute atomic E-state index is 0.0104. The van der Waals surface area contributed by atoms with Crippen LogP contribution >= 0.6 is 0 Å². The molecule has 0 N–H and O–H groups in total. The fraction of sp³-hybridized carbons (Fsp3) is 0.615. The average Bonchev–Trinajstić information content (AvgIpc) is 2.87. The zero-order valence-corrected chi connectivity index (χ0v) is 12.6. The van der Waals surface area contributed by atoms with Crippen LogP contribution in [-0.4, -0.2) is 36.5 Å². The lowest BCUT2D eigenvalue weighted by atomic mass is 10.0. The predicted molar refractivity (Wildman–Crippen MR) is 75.0 cm³/mol. The van der Waals surface area contributed by atoms with Gasteiger partial charge in [-0.2, -0.15) is 4.68 Å². The Kier molecular flexibility index (Phi) is 4.35. The number of fused-ring (bicyclic) bond motifs is 1. The number of nitrogens with zero attached hydrogens (tertiary/aromatic N) is 5. The highest BCUT2D eigenvalue weighted by atomic mass is 16.5. The molecule has 0 bridgehead atoms. The highest BCUT2D eigenvalue weighted by Gasteiger charge is 2.21. The van der Waals surface area contributed by atoms with E-state index in [1.807, 2.05) is 6.92 Å². The Morgan fingerprint density at radius 2 is 2.14 bits per heavy atom. The molecule has 0 aliphatic carbocycles. The third-order valence-electron chi connectivity index (χ3n) is 3.43. The van der Waals surface area contributed by atoms with Gasteiger partial charge in [-0.25, -0.2) is 19.0 Å². The van der Waals surface area contributed by atoms with Gasteiger partial charge in [0.15, 0.2) is 11.3 Å². The van der Waals surface area contributed by atoms with Crippen LogP contribution in [0.3, 0.4) is 0 Å². The zero-order chi connectivity index (χ0) is 15.6. The zero-order valence-electron chi connectivity index (χ0n) is 12.6. The standard InChI is InChI=1S/C13H19N5O3/c1-5-8(2)6-9(3)21-12(19)10-11-15-16-17(4)13(20)18(11)7-14-10/h7-9H,5-6H2,1-4H3. The number of imidazole rings is 1. The van der Waals surface area contributed by atoms with E-state index < -0.39 is 11.7 Å². The van der Waals surface area contributed by atoms with Crippen molar-refractivity contribution in [3.63, 3.8) is 0 Å². The van der Waals surface area contributed by atoms with E-state index in [0.29, 0.717) is 5.92 Å². The quantitative estimate of drug-likeness (QED) is 0.757. The molecule has 2 heterocycles. The molecule has 2 rings (SSSR count). The molecule has 0 aliphatic rings. The van der Waals surface area contributed by atoms with E-state index in [0.717, 1.165) is 17.5 Å². The van der Waals surface area contributed by atoms with E-state index in [4.69, 9.17) is 4.74 Å². The van der Waals surface area contributed by atoms with Gasteiger partial charge < -0.3 is 4.74 Å². The Hall–Kier alpha value is -2.25. The SMILES string of the molecule is CCC(C)CC(C)OC(=O)c1ncn2c(=O)n(C)nnc12. The summed E-state index contributed by atoms with van der Waals surface area (Å²) < 4.78 is 7.59. The molecule has 8 heteroatoms. The molecule has 2 atom stereocenters. The third kappa shape index (κ3) is 3.09. The van der Waals surface area contributed by atoms with Gasteiger partial charge in [-0.15, -0.1) is 5.10 Å². The summed E-state index contributed by atoms with van der Waals surface area (Å²) >= 11 is 0. The third-order valence-corrected chi connectivity index (χ3v) is 3.43. The van der Waals surface area contributed by atoms with Crippen molar-refractivity contribution in [2.45, 2.75) is 39.7 Å². The lowest BCUT2D eigenvalue weighted by Gasteiger charge is -2.16. The van der Waals surface area contributed by atoms with Gasteiger partial charge in [0.1, 0.15) is 6.33 Å². The van der Waals surface area contributed by atoms with E-state index >= 15 is 0 Å². The molecule has 21 heavy (non-hydrogen) atoms. The second-order valence-electron chi connectivity index (χ2n) is 5.25. The van der Waals surface area contributed by atoms with Crippen LogP contribution in [0.1, 0.15) is 44.1 Å². The Bertz CT molecular complexity index is 705. The lowest BCUT2D eigenvalue weighted by molar-refractivity contribution is 0.0289. The highest BCUT2D eigenvalue weighted by Crippen LogP contribution is 2.14. The molecular formula is C13H19N5O3. The molecule has 0 aromatic carbocycles. The molecular weight excluding hydrogens is 274 g/mol. The summed E-state index contributed by atoms with van der Waals surface area (Å²) in [5.41, 5.74) is -0.297. The molecule has 0 spiro atoms. The lowest BCUT2D eigenvalue weighted by Crippen LogP contribution is -2.27. The summed E-state index contributed by atoms with van der Waals surface area (Å²) in [6, 6.07) is 0. The minimum atomic E-state index is -0.587. The Morgan fingerprint density at radius 3 is 2.81 bits per heavy atom. The van der Waals surface area contributed by atoms with Gasteiger partial charge in [-0.3, -0.25) is 0 Å². The summed E-state index contributed by atoms with van der Waals surface area (Å²) in [5.74, 6) is -0.116. The Balaban J connectivity index is 2.21. The molecule has 8 nitrogen and oxygen atoms in total. The van der Waals surface area contributed by atoms with Crippen molar-refractivity contribution in [1.29, 1.82) is 0 Å². The van der Waals surface area contributed by atoms with Crippen molar-refractivity contribution in [2.75, 3.05) is 0 Å². The summed E-state index contributed by atoms with van der Waals surface area (Å²) in [7, 11) is 1.47. The van der Waals surface area contributed by atoms with E-state index in [2.05, 4.69) is 29.1 Å². The summed E-state index contributed by atoms with van der Waals surface area (Å²) in [6.45, 7) is 6.03. The number of rotatable bonds is 5. The van der Waals surface area contributed by atoms with Gasteiger partial charge >= 0.3 is 11.7 Å². The maximum Gasteiger partial charge on any atom is 0.361 e. The van der Waals surface area contributed by atoms with Crippen LogP contribution in [0.2, 0.25) is 0 Å². The van der Waals surface area contributed by atoms with Crippen molar-refractivity contribution >= 4 is 11.6 Å². The largest absolute Gasteiger partial charge is 0.458 e. The van der Waals surface area contributed by atoms with Crippen LogP contribution in [0.15, 0.2) is 11.1 Å². The van der Waals surface area contributed by atoms with Gasteiger partial charge in [-0.05, 0) is 19.3 Å². The van der Waals surface area contributed by atoms with Crippen molar-refractivity contribution in [3.8, 4) is 0 Å². The molecule has 0 saturated heterocycles. The first-order valence-corrected chi connectivity index (χ1v) is 6.92. The van der Waals surface area contributed by atoms with Crippen LogP contribution in [0.5, 0.6) is 0 Å². The summed E-state index contributed by atoms with van der Waals surface area (Å²) in [4.78, 5) is 27.8. The highest BCUT2D eigenvalue weighted by molar-refractivity contribution is 5.93. The molecule has 0 amide bonds. The van der Waals surface area contributed by atoms with E-state index in [1.165, 1.54) is 17.8 Å². The van der Waals surface area contributed by atoms with Gasteiger partial charge in [0.05, 0.1) is 6.10 Å². The van der Waals surface area contributed by atoms with Gasteiger partial charge in [0.2, 0.25) is 0 Å². The van der Waals surface area contributed by atoms with Crippen LogP contribution in [0.4, 0.5) is 0 Å². The average molecular weight is 293 g/mol. The van der Waals surface area contributed by atoms with Gasteiger partial charge in [0, 0.05) is 7.05 Å². The molecule has 2 aromatic heterocycles. The number of ether oxygens (including phenoxy) is 1. The van der Waals surface area contributed by atoms with E-state index in [-0.39, 0.29) is 17.4 Å². The van der Waals surface area contributed by atoms with Crippen LogP contribution < -0.4 is 5.69 Å². The van der Waals surface area contributed by atoms with Gasteiger partial charge in [0.25, 0.3) is 0 Å². The number of carbonyl (C=O) groups excluding carboxylic acids is 1. The number of carbonyl (C=O) groups is 1. The number of aryl methyl sites for hydroxylation is 1. The minimum Gasteiger partial charge on any atom is -0.458 e. The number of hydrogen-bond donors (Lipinski definition) is 0. The summed E-state index contributed by atoms with van der Waals surface area (Å²) in [5, 5.41) is 7.47. The number of aromatic nitrogens is 5. The molecule has 2 unspecified atom stereocenters. The molecule has 0 aliphatic heterocycles. The Morgan fingerprint density at radius 1 is 1.43 bits per heavy atom. The van der Waals surface area contributed by atoms with Crippen LogP contribution in [-0.2, 0) is 11.8 Å². The molecule has 0 fully saturated rings. The first kappa shape index (κ1) is 15.1. The van der Waals surface area contributed by atoms with E-state index in [1.54, 1.807) is 0 Å². The maximum absolute atomic E-state index is 12.1. The topological polar surface area (TPSA) is 91.4 Å². The first-order chi connectivity index (χ1) is 9.93. The smallest absolute Gasteiger partial charge is 0.361 e. The second-order valence-corrected chi connectivity index (χ2v) is 5.25. The predicted octanol–water partition coefficient (Wildman–Crippen LogP) is 0.804. The maximum atomic E-state index is 12.1. The van der Waals surface area contributed by atoms with Crippen molar-refractivity contribution < 1.29 is 9.53 Å².